The number of nitrogens with zero attached hydrogens (tertiary/aromatic N) is 2. The van der Waals surface area contributed by atoms with Gasteiger partial charge in [-0.25, -0.2) is 4.79 Å². The zero-order chi connectivity index (χ0) is 23.2. The van der Waals surface area contributed by atoms with Crippen LogP contribution in [0.3, 0.4) is 0 Å². The minimum Gasteiger partial charge on any atom is -0.478 e. The smallest absolute Gasteiger partial charge is 0.416 e. The van der Waals surface area contributed by atoms with Gasteiger partial charge < -0.3 is 10.4 Å². The number of hydrogen-bond acceptors (Lipinski definition) is 3. The van der Waals surface area contributed by atoms with Gasteiger partial charge in [-0.3, -0.25) is 9.48 Å². The molecule has 2 N–H and O–H groups in total. The molecular formula is C22H22F3N3O3. The summed E-state index contributed by atoms with van der Waals surface area (Å²) in [5, 5.41) is 15.7. The molecule has 6 nitrogen and oxygen atoms in total. The summed E-state index contributed by atoms with van der Waals surface area (Å²) in [4.78, 5) is 23.3. The average Bonchev–Trinajstić information content (AvgIpc) is 2.97. The number of allylic oxidation sites excluding steroid dienone is 2. The fraction of sp³-hybridized carbons (Fsp3) is 0.227. The summed E-state index contributed by atoms with van der Waals surface area (Å²) in [6, 6.07) is 4.72. The number of carbonyl (C=O) groups excluding carboxylic acids is 1. The van der Waals surface area contributed by atoms with Crippen molar-refractivity contribution in [3.8, 4) is 0 Å². The lowest BCUT2D eigenvalue weighted by atomic mass is 10.0. The summed E-state index contributed by atoms with van der Waals surface area (Å²) in [6.45, 7) is 5.46. The van der Waals surface area contributed by atoms with Crippen LogP contribution in [-0.2, 0) is 24.4 Å². The van der Waals surface area contributed by atoms with Gasteiger partial charge in [0.2, 0.25) is 0 Å². The van der Waals surface area contributed by atoms with Crippen molar-refractivity contribution in [1.29, 1.82) is 0 Å². The van der Waals surface area contributed by atoms with Crippen LogP contribution in [0.25, 0.3) is 0 Å². The van der Waals surface area contributed by atoms with Crippen LogP contribution in [0.1, 0.15) is 32.9 Å². The molecule has 0 aliphatic heterocycles. The molecule has 1 amide bonds. The first-order valence-electron chi connectivity index (χ1n) is 9.22. The molecular weight excluding hydrogens is 411 g/mol. The van der Waals surface area contributed by atoms with Crippen LogP contribution in [0.15, 0.2) is 60.7 Å². The van der Waals surface area contributed by atoms with Crippen molar-refractivity contribution in [2.75, 3.05) is 6.54 Å². The fourth-order valence-corrected chi connectivity index (χ4v) is 2.82. The number of alkyl halides is 3. The van der Waals surface area contributed by atoms with Crippen molar-refractivity contribution < 1.29 is 27.9 Å². The number of benzene rings is 1. The molecule has 0 radical (unpaired) electrons. The molecule has 0 saturated carbocycles. The average molecular weight is 433 g/mol. The van der Waals surface area contributed by atoms with Crippen LogP contribution in [0.5, 0.6) is 0 Å². The zero-order valence-corrected chi connectivity index (χ0v) is 17.0. The van der Waals surface area contributed by atoms with Gasteiger partial charge in [0.25, 0.3) is 5.91 Å². The Balaban J connectivity index is 2.19. The number of aryl methyl sites for hydroxylation is 1. The highest BCUT2D eigenvalue weighted by atomic mass is 19.4. The van der Waals surface area contributed by atoms with Crippen molar-refractivity contribution in [2.45, 2.75) is 19.5 Å². The predicted molar refractivity (Wildman–Crippen MR) is 110 cm³/mol. The number of hydrogen-bond donors (Lipinski definition) is 2. The highest BCUT2D eigenvalue weighted by Gasteiger charge is 2.30. The van der Waals surface area contributed by atoms with E-state index in [1.165, 1.54) is 35.0 Å². The lowest BCUT2D eigenvalue weighted by Gasteiger charge is -2.09. The molecule has 0 unspecified atom stereocenters. The van der Waals surface area contributed by atoms with Gasteiger partial charge >= 0.3 is 12.1 Å². The predicted octanol–water partition coefficient (Wildman–Crippen LogP) is 3.82. The Kier molecular flexibility index (Phi) is 7.57. The minimum absolute atomic E-state index is 0.111. The van der Waals surface area contributed by atoms with Crippen molar-refractivity contribution in [3.05, 3.63) is 88.8 Å². The van der Waals surface area contributed by atoms with Gasteiger partial charge in [0.15, 0.2) is 0 Å². The molecule has 0 aliphatic carbocycles. The maximum absolute atomic E-state index is 12.8. The van der Waals surface area contributed by atoms with E-state index in [9.17, 15) is 22.8 Å². The third-order valence-electron chi connectivity index (χ3n) is 4.55. The normalized spacial score (nSPS) is 12.2. The van der Waals surface area contributed by atoms with E-state index in [1.807, 2.05) is 0 Å². The topological polar surface area (TPSA) is 84.2 Å². The van der Waals surface area contributed by atoms with E-state index in [-0.39, 0.29) is 13.0 Å². The molecule has 31 heavy (non-hydrogen) atoms. The monoisotopic (exact) mass is 433 g/mol. The Hall–Kier alpha value is -3.62. The van der Waals surface area contributed by atoms with E-state index in [0.29, 0.717) is 28.1 Å². The highest BCUT2D eigenvalue weighted by molar-refractivity contribution is 5.96. The second-order valence-corrected chi connectivity index (χ2v) is 6.73. The van der Waals surface area contributed by atoms with Gasteiger partial charge in [-0.05, 0) is 30.2 Å². The number of rotatable bonds is 8. The van der Waals surface area contributed by atoms with Gasteiger partial charge in [-0.2, -0.15) is 18.3 Å². The van der Waals surface area contributed by atoms with Crippen LogP contribution in [-0.4, -0.2) is 33.3 Å². The number of aromatic nitrogens is 2. The Morgan fingerprint density at radius 2 is 1.90 bits per heavy atom. The third kappa shape index (κ3) is 6.43. The first-order chi connectivity index (χ1) is 14.5. The maximum atomic E-state index is 12.8. The van der Waals surface area contributed by atoms with Crippen LogP contribution < -0.4 is 5.32 Å². The first-order valence-corrected chi connectivity index (χ1v) is 9.22. The standard InChI is InChI=1S/C22H22F3N3O3/c1-4-15(6-5-7-19(29)30)13-26-21(31)20-14(2)28(3)27-18(20)12-16-8-10-17(11-9-16)22(23,24)25/h4-11H,1,12-13H2,2-3H3,(H,26,31)(H,29,30)/b7-5+,15-6+. The molecule has 164 valence electrons. The van der Waals surface area contributed by atoms with Crippen molar-refractivity contribution in [2.24, 2.45) is 7.05 Å². The van der Waals surface area contributed by atoms with E-state index in [2.05, 4.69) is 17.0 Å². The third-order valence-corrected chi connectivity index (χ3v) is 4.55. The Labute approximate surface area is 177 Å². The van der Waals surface area contributed by atoms with Crippen LogP contribution in [0, 0.1) is 6.92 Å². The van der Waals surface area contributed by atoms with Crippen LogP contribution in [0.2, 0.25) is 0 Å². The molecule has 0 spiro atoms. The van der Waals surface area contributed by atoms with Gasteiger partial charge in [0.1, 0.15) is 0 Å². The zero-order valence-electron chi connectivity index (χ0n) is 17.0. The second-order valence-electron chi connectivity index (χ2n) is 6.73. The molecule has 1 aromatic heterocycles. The molecule has 0 atom stereocenters. The highest BCUT2D eigenvalue weighted by Crippen LogP contribution is 2.29. The van der Waals surface area contributed by atoms with E-state index >= 15 is 0 Å². The van der Waals surface area contributed by atoms with E-state index in [1.54, 1.807) is 14.0 Å². The molecule has 0 bridgehead atoms. The van der Waals surface area contributed by atoms with Gasteiger partial charge in [0, 0.05) is 31.8 Å². The van der Waals surface area contributed by atoms with Crippen molar-refractivity contribution in [3.63, 3.8) is 0 Å². The van der Waals surface area contributed by atoms with E-state index < -0.39 is 23.6 Å². The summed E-state index contributed by atoms with van der Waals surface area (Å²) >= 11 is 0. The van der Waals surface area contributed by atoms with Gasteiger partial charge in [0.05, 0.1) is 16.8 Å². The SMILES string of the molecule is C=C/C(=C\C=C\C(=O)O)CNC(=O)c1c(Cc2ccc(C(F)(F)F)cc2)nn(C)c1C. The summed E-state index contributed by atoms with van der Waals surface area (Å²) in [5.41, 5.74) is 1.82. The number of carboxylic acids is 1. The maximum Gasteiger partial charge on any atom is 0.416 e. The second kappa shape index (κ2) is 9.92. The number of halogens is 3. The van der Waals surface area contributed by atoms with Crippen molar-refractivity contribution >= 4 is 11.9 Å². The quantitative estimate of drug-likeness (QED) is 0.490. The lowest BCUT2D eigenvalue weighted by Crippen LogP contribution is -2.26. The van der Waals surface area contributed by atoms with E-state index in [4.69, 9.17) is 5.11 Å². The number of carboxylic acid groups (broad SMARTS) is 1. The molecule has 1 heterocycles. The summed E-state index contributed by atoms with van der Waals surface area (Å²) in [7, 11) is 1.67. The summed E-state index contributed by atoms with van der Waals surface area (Å²) in [6.07, 6.45) is 1.07. The molecule has 0 aliphatic rings. The van der Waals surface area contributed by atoms with Gasteiger partial charge in [-0.15, -0.1) is 0 Å². The Morgan fingerprint density at radius 1 is 1.26 bits per heavy atom. The van der Waals surface area contributed by atoms with Crippen LogP contribution in [0.4, 0.5) is 13.2 Å². The fourth-order valence-electron chi connectivity index (χ4n) is 2.82. The van der Waals surface area contributed by atoms with Crippen LogP contribution >= 0.6 is 0 Å². The Morgan fingerprint density at radius 3 is 2.45 bits per heavy atom. The number of aliphatic carboxylic acids is 1. The molecule has 2 rings (SSSR count). The number of amides is 1. The molecule has 1 aromatic carbocycles. The summed E-state index contributed by atoms with van der Waals surface area (Å²) < 4.78 is 39.8. The molecule has 2 aromatic rings. The largest absolute Gasteiger partial charge is 0.478 e. The minimum atomic E-state index is -4.42. The summed E-state index contributed by atoms with van der Waals surface area (Å²) in [5.74, 6) is -1.50. The van der Waals surface area contributed by atoms with E-state index in [0.717, 1.165) is 18.2 Å². The first kappa shape index (κ1) is 23.7. The van der Waals surface area contributed by atoms with Gasteiger partial charge in [-0.1, -0.05) is 36.9 Å². The number of nitrogens with one attached hydrogen (secondary N) is 1. The molecule has 0 fully saturated rings. The molecule has 0 saturated heterocycles. The molecule has 9 heteroatoms. The Bertz CT molecular complexity index is 1030. The number of carbonyl (C=O) groups is 2. The lowest BCUT2D eigenvalue weighted by molar-refractivity contribution is -0.137. The van der Waals surface area contributed by atoms with Crippen molar-refractivity contribution in [1.82, 2.24) is 15.1 Å².